The van der Waals surface area contributed by atoms with E-state index in [0.717, 1.165) is 19.4 Å². The molecule has 6 nitrogen and oxygen atoms in total. The number of ether oxygens (including phenoxy) is 2. The summed E-state index contributed by atoms with van der Waals surface area (Å²) in [6, 6.07) is 12.8. The van der Waals surface area contributed by atoms with E-state index in [2.05, 4.69) is 10.3 Å². The first-order valence-electron chi connectivity index (χ1n) is 9.45. The molecule has 1 aliphatic heterocycles. The predicted molar refractivity (Wildman–Crippen MR) is 106 cm³/mol. The highest BCUT2D eigenvalue weighted by atomic mass is 19.1. The summed E-state index contributed by atoms with van der Waals surface area (Å²) >= 11 is 0. The highest BCUT2D eigenvalue weighted by Gasteiger charge is 2.19. The van der Waals surface area contributed by atoms with Crippen LogP contribution in [0.25, 0.3) is 11.0 Å². The van der Waals surface area contributed by atoms with E-state index in [0.29, 0.717) is 29.0 Å². The molecule has 150 valence electrons. The van der Waals surface area contributed by atoms with Crippen LogP contribution in [-0.2, 0) is 4.74 Å². The number of methoxy groups -OCH3 is 1. The van der Waals surface area contributed by atoms with Crippen LogP contribution < -0.4 is 15.6 Å². The maximum Gasteiger partial charge on any atom is 0.256 e. The summed E-state index contributed by atoms with van der Waals surface area (Å²) < 4.78 is 30.1. The number of hydrogen-bond acceptors (Lipinski definition) is 5. The van der Waals surface area contributed by atoms with Gasteiger partial charge in [-0.3, -0.25) is 4.79 Å². The fraction of sp³-hybridized carbons (Fsp3) is 0.273. The van der Waals surface area contributed by atoms with Gasteiger partial charge in [0.1, 0.15) is 11.4 Å². The normalized spacial score (nSPS) is 16.9. The number of para-hydroxylation sites is 1. The first-order chi connectivity index (χ1) is 14.1. The van der Waals surface area contributed by atoms with Crippen LogP contribution in [-0.4, -0.2) is 32.3 Å². The molecule has 1 amide bonds. The fourth-order valence-electron chi connectivity index (χ4n) is 3.27. The topological polar surface area (TPSA) is 73.1 Å². The van der Waals surface area contributed by atoms with E-state index in [1.807, 2.05) is 12.1 Å². The number of fused-ring (bicyclic) bond motifs is 1. The van der Waals surface area contributed by atoms with Crippen LogP contribution in [0, 0.1) is 5.82 Å². The molecule has 0 saturated carbocycles. The number of carbonyl (C=O) groups is 1. The van der Waals surface area contributed by atoms with Gasteiger partial charge in [0, 0.05) is 18.5 Å². The molecule has 1 aliphatic rings. The lowest BCUT2D eigenvalue weighted by Crippen LogP contribution is -2.34. The standard InChI is InChI=1S/C22H21FN2O4/c1-27-19-6-2-4-14-12-18(21(26)24-13-17-5-3-11-28-17)22(29-20(14)19)25-16-9-7-15(23)8-10-16/h2,4,6-10,12,17H,3,5,11,13H2,1H3,(H,24,26). The minimum atomic E-state index is -0.365. The smallest absolute Gasteiger partial charge is 0.256 e. The molecular formula is C22H21FN2O4. The number of carbonyl (C=O) groups excluding carboxylic acids is 1. The van der Waals surface area contributed by atoms with Crippen LogP contribution in [0.15, 0.2) is 57.9 Å². The van der Waals surface area contributed by atoms with Crippen molar-refractivity contribution in [2.45, 2.75) is 18.9 Å². The van der Waals surface area contributed by atoms with Gasteiger partial charge in [0.2, 0.25) is 5.55 Å². The zero-order valence-electron chi connectivity index (χ0n) is 16.0. The number of nitrogens with zero attached hydrogens (tertiary/aromatic N) is 1. The van der Waals surface area contributed by atoms with Gasteiger partial charge in [-0.15, -0.1) is 0 Å². The molecule has 0 aliphatic carbocycles. The Bertz CT molecular complexity index is 1090. The second kappa shape index (κ2) is 8.45. The molecule has 0 spiro atoms. The molecule has 2 aromatic carbocycles. The van der Waals surface area contributed by atoms with E-state index in [1.54, 1.807) is 19.2 Å². The van der Waals surface area contributed by atoms with Gasteiger partial charge in [-0.2, -0.15) is 0 Å². The number of rotatable bonds is 5. The van der Waals surface area contributed by atoms with E-state index in [9.17, 15) is 9.18 Å². The van der Waals surface area contributed by atoms with Gasteiger partial charge in [0.05, 0.1) is 18.9 Å². The summed E-state index contributed by atoms with van der Waals surface area (Å²) in [6.45, 7) is 1.14. The second-order valence-electron chi connectivity index (χ2n) is 6.78. The Balaban J connectivity index is 1.77. The second-order valence-corrected chi connectivity index (χ2v) is 6.78. The summed E-state index contributed by atoms with van der Waals surface area (Å²) in [5.41, 5.74) is 1.36. The van der Waals surface area contributed by atoms with Crippen molar-refractivity contribution in [1.29, 1.82) is 0 Å². The fourth-order valence-corrected chi connectivity index (χ4v) is 3.27. The van der Waals surface area contributed by atoms with E-state index in [-0.39, 0.29) is 28.9 Å². The Morgan fingerprint density at radius 1 is 1.28 bits per heavy atom. The van der Waals surface area contributed by atoms with Crippen molar-refractivity contribution in [3.63, 3.8) is 0 Å². The van der Waals surface area contributed by atoms with Crippen LogP contribution in [0.5, 0.6) is 5.75 Å². The van der Waals surface area contributed by atoms with Crippen molar-refractivity contribution in [3.8, 4) is 5.75 Å². The first kappa shape index (κ1) is 19.1. The minimum absolute atomic E-state index is 0.0222. The molecule has 3 aromatic rings. The summed E-state index contributed by atoms with van der Waals surface area (Å²) in [5, 5.41) is 3.61. The van der Waals surface area contributed by atoms with Crippen molar-refractivity contribution < 1.29 is 23.1 Å². The number of nitrogens with one attached hydrogen (secondary N) is 1. The molecule has 29 heavy (non-hydrogen) atoms. The third kappa shape index (κ3) is 4.30. The molecule has 1 atom stereocenters. The van der Waals surface area contributed by atoms with Crippen LogP contribution in [0.2, 0.25) is 0 Å². The van der Waals surface area contributed by atoms with Crippen LogP contribution in [0.3, 0.4) is 0 Å². The van der Waals surface area contributed by atoms with Gasteiger partial charge >= 0.3 is 0 Å². The monoisotopic (exact) mass is 396 g/mol. The van der Waals surface area contributed by atoms with E-state index >= 15 is 0 Å². The highest BCUT2D eigenvalue weighted by molar-refractivity contribution is 5.97. The lowest BCUT2D eigenvalue weighted by Gasteiger charge is -2.11. The van der Waals surface area contributed by atoms with Crippen molar-refractivity contribution in [3.05, 3.63) is 65.5 Å². The number of halogens is 1. The largest absolute Gasteiger partial charge is 0.493 e. The van der Waals surface area contributed by atoms with Crippen molar-refractivity contribution in [2.24, 2.45) is 4.99 Å². The average Bonchev–Trinajstić information content (AvgIpc) is 3.26. The molecule has 1 fully saturated rings. The van der Waals surface area contributed by atoms with E-state index in [1.165, 1.54) is 24.3 Å². The van der Waals surface area contributed by atoms with Gasteiger partial charge in [0.25, 0.3) is 5.91 Å². The Morgan fingerprint density at radius 3 is 2.83 bits per heavy atom. The summed E-state index contributed by atoms with van der Waals surface area (Å²) in [6.07, 6.45) is 1.94. The number of amides is 1. The highest BCUT2D eigenvalue weighted by Crippen LogP contribution is 2.25. The lowest BCUT2D eigenvalue weighted by molar-refractivity contribution is 0.0854. The molecule has 1 N–H and O–H groups in total. The molecule has 1 aromatic heterocycles. The van der Waals surface area contributed by atoms with Crippen molar-refractivity contribution in [1.82, 2.24) is 5.32 Å². The predicted octanol–water partition coefficient (Wildman–Crippen LogP) is 3.72. The van der Waals surface area contributed by atoms with Gasteiger partial charge in [-0.25, -0.2) is 9.38 Å². The first-order valence-corrected chi connectivity index (χ1v) is 9.45. The molecule has 0 radical (unpaired) electrons. The van der Waals surface area contributed by atoms with E-state index in [4.69, 9.17) is 13.9 Å². The van der Waals surface area contributed by atoms with Crippen molar-refractivity contribution in [2.75, 3.05) is 20.3 Å². The van der Waals surface area contributed by atoms with Gasteiger partial charge in [-0.1, -0.05) is 12.1 Å². The molecule has 4 rings (SSSR count). The zero-order chi connectivity index (χ0) is 20.2. The minimum Gasteiger partial charge on any atom is -0.493 e. The van der Waals surface area contributed by atoms with Gasteiger partial charge in [-0.05, 0) is 49.2 Å². The zero-order valence-corrected chi connectivity index (χ0v) is 16.0. The Labute approximate surface area is 167 Å². The van der Waals surface area contributed by atoms with E-state index < -0.39 is 0 Å². The number of benzene rings is 2. The molecule has 7 heteroatoms. The number of hydrogen-bond donors (Lipinski definition) is 1. The Kier molecular flexibility index (Phi) is 5.57. The lowest BCUT2D eigenvalue weighted by atomic mass is 10.1. The maximum absolute atomic E-state index is 13.2. The molecular weight excluding hydrogens is 375 g/mol. The SMILES string of the molecule is COc1cccc2cc(C(=O)NCC3CCCO3)c(=Nc3ccc(F)cc3)oc12. The third-order valence-electron chi connectivity index (χ3n) is 4.77. The molecule has 2 heterocycles. The van der Waals surface area contributed by atoms with Crippen LogP contribution in [0.4, 0.5) is 10.1 Å². The summed E-state index contributed by atoms with van der Waals surface area (Å²) in [4.78, 5) is 17.3. The van der Waals surface area contributed by atoms with Crippen molar-refractivity contribution >= 4 is 22.6 Å². The maximum atomic E-state index is 13.2. The average molecular weight is 396 g/mol. The van der Waals surface area contributed by atoms with Crippen LogP contribution >= 0.6 is 0 Å². The molecule has 0 bridgehead atoms. The molecule has 1 saturated heterocycles. The quantitative estimate of drug-likeness (QED) is 0.713. The summed E-state index contributed by atoms with van der Waals surface area (Å²) in [5.74, 6) is -0.144. The Hall–Kier alpha value is -3.19. The van der Waals surface area contributed by atoms with Gasteiger partial charge < -0.3 is 19.2 Å². The molecule has 1 unspecified atom stereocenters. The van der Waals surface area contributed by atoms with Crippen LogP contribution in [0.1, 0.15) is 23.2 Å². The Morgan fingerprint density at radius 2 is 2.10 bits per heavy atom. The third-order valence-corrected chi connectivity index (χ3v) is 4.77. The van der Waals surface area contributed by atoms with Gasteiger partial charge in [0.15, 0.2) is 11.3 Å². The summed E-state index contributed by atoms with van der Waals surface area (Å²) in [7, 11) is 1.54.